The van der Waals surface area contributed by atoms with E-state index < -0.39 is 0 Å². The molecule has 0 amide bonds. The highest BCUT2D eigenvalue weighted by molar-refractivity contribution is 5.62. The smallest absolute Gasteiger partial charge is 0.150 e. The first-order valence-electron chi connectivity index (χ1n) is 8.61. The lowest BCUT2D eigenvalue weighted by Gasteiger charge is -2.41. The largest absolute Gasteiger partial charge is 0.491 e. The molecule has 0 aromatic heterocycles. The van der Waals surface area contributed by atoms with Crippen LogP contribution in [0.25, 0.3) is 0 Å². The van der Waals surface area contributed by atoms with E-state index in [9.17, 15) is 4.91 Å². The van der Waals surface area contributed by atoms with Gasteiger partial charge in [0.1, 0.15) is 5.69 Å². The van der Waals surface area contributed by atoms with E-state index in [4.69, 9.17) is 4.74 Å². The first-order chi connectivity index (χ1) is 11.3. The molecule has 0 saturated carbocycles. The third-order valence-corrected chi connectivity index (χ3v) is 4.85. The van der Waals surface area contributed by atoms with Crippen LogP contribution >= 0.6 is 0 Å². The van der Waals surface area contributed by atoms with Crippen molar-refractivity contribution >= 4 is 11.4 Å². The van der Waals surface area contributed by atoms with Crippen LogP contribution in [0.2, 0.25) is 0 Å². The quantitative estimate of drug-likeness (QED) is 0.845. The number of piperidine rings is 1. The number of nitroso groups, excluding NO2 is 1. The molecule has 1 aromatic carbocycles. The van der Waals surface area contributed by atoms with Crippen molar-refractivity contribution in [2.24, 2.45) is 5.18 Å². The highest BCUT2D eigenvalue weighted by Gasteiger charge is 2.25. The molecule has 23 heavy (non-hydrogen) atoms. The van der Waals surface area contributed by atoms with Crippen molar-refractivity contribution in [2.45, 2.75) is 25.8 Å². The second kappa shape index (κ2) is 7.75. The molecule has 0 atom stereocenters. The molecule has 2 heterocycles. The molecule has 1 aromatic rings. The van der Waals surface area contributed by atoms with E-state index in [2.05, 4.69) is 20.3 Å². The molecule has 1 N–H and O–H groups in total. The molecular formula is C17H26N4O2. The fraction of sp³-hybridized carbons (Fsp3) is 0.647. The zero-order valence-corrected chi connectivity index (χ0v) is 13.8. The van der Waals surface area contributed by atoms with Gasteiger partial charge < -0.3 is 15.0 Å². The van der Waals surface area contributed by atoms with Gasteiger partial charge in [0.15, 0.2) is 5.75 Å². The predicted octanol–water partition coefficient (Wildman–Crippen LogP) is 2.36. The number of hydrogen-bond acceptors (Lipinski definition) is 6. The van der Waals surface area contributed by atoms with Crippen molar-refractivity contribution in [2.75, 3.05) is 50.8 Å². The number of rotatable bonds is 5. The first kappa shape index (κ1) is 16.2. The summed E-state index contributed by atoms with van der Waals surface area (Å²) in [5.41, 5.74) is 1.50. The van der Waals surface area contributed by atoms with Gasteiger partial charge in [-0.25, -0.2) is 0 Å². The van der Waals surface area contributed by atoms with Crippen molar-refractivity contribution in [3.8, 4) is 5.75 Å². The van der Waals surface area contributed by atoms with E-state index in [0.717, 1.165) is 51.0 Å². The van der Waals surface area contributed by atoms with E-state index in [1.807, 2.05) is 19.1 Å². The number of piperazine rings is 1. The van der Waals surface area contributed by atoms with Gasteiger partial charge in [0.25, 0.3) is 0 Å². The molecule has 0 radical (unpaired) electrons. The number of benzene rings is 1. The summed E-state index contributed by atoms with van der Waals surface area (Å²) in [4.78, 5) is 15.8. The highest BCUT2D eigenvalue weighted by atomic mass is 16.5. The summed E-state index contributed by atoms with van der Waals surface area (Å²) in [7, 11) is 0. The Kier molecular flexibility index (Phi) is 5.46. The maximum absolute atomic E-state index is 10.9. The molecular weight excluding hydrogens is 292 g/mol. The van der Waals surface area contributed by atoms with Crippen molar-refractivity contribution in [3.05, 3.63) is 23.1 Å². The minimum atomic E-state index is 0.379. The summed E-state index contributed by atoms with van der Waals surface area (Å²) in [5, 5.41) is 6.47. The molecule has 2 aliphatic rings. The number of nitrogens with zero attached hydrogens (tertiary/aromatic N) is 3. The van der Waals surface area contributed by atoms with E-state index >= 15 is 0 Å². The van der Waals surface area contributed by atoms with Crippen LogP contribution in [0.4, 0.5) is 11.4 Å². The van der Waals surface area contributed by atoms with Crippen molar-refractivity contribution in [1.82, 2.24) is 10.2 Å². The molecule has 6 heteroatoms. The van der Waals surface area contributed by atoms with Crippen LogP contribution in [0.15, 0.2) is 23.4 Å². The van der Waals surface area contributed by atoms with Gasteiger partial charge in [0.05, 0.1) is 6.61 Å². The molecule has 2 saturated heterocycles. The van der Waals surface area contributed by atoms with Gasteiger partial charge in [-0.1, -0.05) is 0 Å². The summed E-state index contributed by atoms with van der Waals surface area (Å²) in [5.74, 6) is 0.584. The Labute approximate surface area is 137 Å². The van der Waals surface area contributed by atoms with Gasteiger partial charge in [0.2, 0.25) is 0 Å². The van der Waals surface area contributed by atoms with Crippen molar-refractivity contribution < 1.29 is 4.74 Å². The molecule has 6 nitrogen and oxygen atoms in total. The SMILES string of the molecule is CCOc1cc(N2CCN(C3CCNCC3)CC2)ccc1N=O. The van der Waals surface area contributed by atoms with Gasteiger partial charge in [-0.3, -0.25) is 4.90 Å². The Morgan fingerprint density at radius 1 is 1.22 bits per heavy atom. The van der Waals surface area contributed by atoms with Crippen molar-refractivity contribution in [1.29, 1.82) is 0 Å². The number of ether oxygens (including phenoxy) is 1. The first-order valence-corrected chi connectivity index (χ1v) is 8.61. The zero-order chi connectivity index (χ0) is 16.1. The predicted molar refractivity (Wildman–Crippen MR) is 92.7 cm³/mol. The van der Waals surface area contributed by atoms with Crippen LogP contribution in [0.5, 0.6) is 5.75 Å². The van der Waals surface area contributed by atoms with E-state index in [0.29, 0.717) is 18.0 Å². The van der Waals surface area contributed by atoms with E-state index in [1.165, 1.54) is 12.8 Å². The normalized spacial score (nSPS) is 20.5. The maximum atomic E-state index is 10.9. The standard InChI is InChI=1S/C17H26N4O2/c1-2-23-17-13-15(3-4-16(17)19-22)21-11-9-20(10-12-21)14-5-7-18-8-6-14/h3-4,13-14,18H,2,5-12H2,1H3. The monoisotopic (exact) mass is 318 g/mol. The van der Waals surface area contributed by atoms with Crippen LogP contribution in [0, 0.1) is 4.91 Å². The Bertz CT molecular complexity index is 523. The van der Waals surface area contributed by atoms with E-state index in [-0.39, 0.29) is 0 Å². The summed E-state index contributed by atoms with van der Waals surface area (Å²) in [6, 6.07) is 6.41. The van der Waals surface area contributed by atoms with Gasteiger partial charge in [-0.15, -0.1) is 4.91 Å². The minimum absolute atomic E-state index is 0.379. The molecule has 3 rings (SSSR count). The molecule has 2 aliphatic heterocycles. The summed E-state index contributed by atoms with van der Waals surface area (Å²) < 4.78 is 5.54. The lowest BCUT2D eigenvalue weighted by atomic mass is 10.0. The Hall–Kier alpha value is -1.66. The van der Waals surface area contributed by atoms with Gasteiger partial charge in [0, 0.05) is 44.0 Å². The van der Waals surface area contributed by atoms with Crippen LogP contribution in [-0.4, -0.2) is 56.8 Å². The minimum Gasteiger partial charge on any atom is -0.491 e. The lowest BCUT2D eigenvalue weighted by molar-refractivity contribution is 0.153. The molecule has 0 bridgehead atoms. The zero-order valence-electron chi connectivity index (χ0n) is 13.8. The Morgan fingerprint density at radius 3 is 2.61 bits per heavy atom. The molecule has 0 unspecified atom stereocenters. The number of nitrogens with one attached hydrogen (secondary N) is 1. The Morgan fingerprint density at radius 2 is 1.96 bits per heavy atom. The van der Waals surface area contributed by atoms with Gasteiger partial charge in [-0.05, 0) is 50.2 Å². The average Bonchev–Trinajstić information content (AvgIpc) is 2.63. The van der Waals surface area contributed by atoms with Crippen LogP contribution in [0.3, 0.4) is 0 Å². The average molecular weight is 318 g/mol. The van der Waals surface area contributed by atoms with Gasteiger partial charge >= 0.3 is 0 Å². The fourth-order valence-corrected chi connectivity index (χ4v) is 3.56. The third kappa shape index (κ3) is 3.82. The summed E-state index contributed by atoms with van der Waals surface area (Å²) >= 11 is 0. The number of hydrogen-bond donors (Lipinski definition) is 1. The highest BCUT2D eigenvalue weighted by Crippen LogP contribution is 2.32. The van der Waals surface area contributed by atoms with Crippen LogP contribution < -0.4 is 15.0 Å². The second-order valence-electron chi connectivity index (χ2n) is 6.18. The van der Waals surface area contributed by atoms with E-state index in [1.54, 1.807) is 6.07 Å². The fourth-order valence-electron chi connectivity index (χ4n) is 3.56. The second-order valence-corrected chi connectivity index (χ2v) is 6.18. The Balaban J connectivity index is 1.62. The van der Waals surface area contributed by atoms with Crippen molar-refractivity contribution in [3.63, 3.8) is 0 Å². The van der Waals surface area contributed by atoms with Gasteiger partial charge in [-0.2, -0.15) is 0 Å². The molecule has 0 aliphatic carbocycles. The topological polar surface area (TPSA) is 57.2 Å². The molecule has 126 valence electrons. The summed E-state index contributed by atoms with van der Waals surface area (Å²) in [6.45, 7) is 8.97. The summed E-state index contributed by atoms with van der Waals surface area (Å²) in [6.07, 6.45) is 2.52. The lowest BCUT2D eigenvalue weighted by Crippen LogP contribution is -2.52. The third-order valence-electron chi connectivity index (χ3n) is 4.85. The van der Waals surface area contributed by atoms with Crippen LogP contribution in [-0.2, 0) is 0 Å². The number of anilines is 1. The maximum Gasteiger partial charge on any atom is 0.150 e. The van der Waals surface area contributed by atoms with Crippen LogP contribution in [0.1, 0.15) is 19.8 Å². The molecule has 0 spiro atoms. The molecule has 2 fully saturated rings.